The number of carbonyl (C=O) groups excluding carboxylic acids is 1. The summed E-state index contributed by atoms with van der Waals surface area (Å²) in [7, 11) is 0. The standard InChI is InChI=1S/C11H18O3/c1-2-3-4-5-6-10(9-12)7-8-11(13)14/h2-8H2,1H3,(H,13,14). The lowest BCUT2D eigenvalue weighted by Gasteiger charge is -2.00. The molecule has 3 nitrogen and oxygen atoms in total. The summed E-state index contributed by atoms with van der Waals surface area (Å²) in [5.41, 5.74) is 0.614. The monoisotopic (exact) mass is 198 g/mol. The molecule has 0 spiro atoms. The molecule has 0 heterocycles. The van der Waals surface area contributed by atoms with Crippen LogP contribution in [0.1, 0.15) is 51.9 Å². The zero-order chi connectivity index (χ0) is 10.8. The van der Waals surface area contributed by atoms with Crippen molar-refractivity contribution >= 4 is 11.9 Å². The van der Waals surface area contributed by atoms with E-state index in [1.54, 1.807) is 0 Å². The van der Waals surface area contributed by atoms with Crippen molar-refractivity contribution in [2.24, 2.45) is 0 Å². The largest absolute Gasteiger partial charge is 0.481 e. The molecule has 14 heavy (non-hydrogen) atoms. The highest BCUT2D eigenvalue weighted by atomic mass is 16.4. The Balaban J connectivity index is 3.60. The molecule has 0 saturated carbocycles. The molecule has 0 amide bonds. The summed E-state index contributed by atoms with van der Waals surface area (Å²) in [5, 5.41) is 8.42. The smallest absolute Gasteiger partial charge is 0.303 e. The van der Waals surface area contributed by atoms with Crippen LogP contribution in [0.2, 0.25) is 0 Å². The van der Waals surface area contributed by atoms with Crippen LogP contribution in [-0.4, -0.2) is 17.0 Å². The summed E-state index contributed by atoms with van der Waals surface area (Å²) < 4.78 is 0. The lowest BCUT2D eigenvalue weighted by Crippen LogP contribution is -1.96. The summed E-state index contributed by atoms with van der Waals surface area (Å²) in [6.45, 7) is 2.13. The van der Waals surface area contributed by atoms with Crippen LogP contribution in [0.25, 0.3) is 0 Å². The quantitative estimate of drug-likeness (QED) is 0.481. The van der Waals surface area contributed by atoms with Gasteiger partial charge in [0.2, 0.25) is 0 Å². The van der Waals surface area contributed by atoms with Gasteiger partial charge in [-0.15, -0.1) is 0 Å². The predicted octanol–water partition coefficient (Wildman–Crippen LogP) is 2.58. The molecule has 0 atom stereocenters. The number of rotatable bonds is 8. The highest BCUT2D eigenvalue weighted by Gasteiger charge is 2.02. The van der Waals surface area contributed by atoms with Crippen molar-refractivity contribution < 1.29 is 14.7 Å². The summed E-state index contributed by atoms with van der Waals surface area (Å²) in [6.07, 6.45) is 5.51. The molecule has 0 aromatic rings. The number of hydrogen-bond acceptors (Lipinski definition) is 2. The Kier molecular flexibility index (Phi) is 7.86. The van der Waals surface area contributed by atoms with Crippen LogP contribution in [0.4, 0.5) is 0 Å². The van der Waals surface area contributed by atoms with Gasteiger partial charge in [0.1, 0.15) is 5.94 Å². The molecule has 0 unspecified atom stereocenters. The molecule has 0 rings (SSSR count). The van der Waals surface area contributed by atoms with E-state index in [4.69, 9.17) is 5.11 Å². The highest BCUT2D eigenvalue weighted by Crippen LogP contribution is 2.12. The summed E-state index contributed by atoms with van der Waals surface area (Å²) >= 11 is 0. The minimum atomic E-state index is -0.855. The third-order valence-electron chi connectivity index (χ3n) is 2.12. The molecule has 0 saturated heterocycles. The van der Waals surface area contributed by atoms with Crippen LogP contribution in [0.3, 0.4) is 0 Å². The molecule has 0 fully saturated rings. The van der Waals surface area contributed by atoms with Gasteiger partial charge in [0.25, 0.3) is 0 Å². The summed E-state index contributed by atoms with van der Waals surface area (Å²) in [6, 6.07) is 0. The van der Waals surface area contributed by atoms with Gasteiger partial charge in [-0.25, -0.2) is 4.79 Å². The fourth-order valence-electron chi connectivity index (χ4n) is 1.25. The zero-order valence-corrected chi connectivity index (χ0v) is 8.71. The van der Waals surface area contributed by atoms with Crippen molar-refractivity contribution in [1.29, 1.82) is 0 Å². The average Bonchev–Trinajstić information content (AvgIpc) is 2.16. The minimum Gasteiger partial charge on any atom is -0.481 e. The van der Waals surface area contributed by atoms with Crippen LogP contribution in [0.15, 0.2) is 5.57 Å². The molecular weight excluding hydrogens is 180 g/mol. The Hall–Kier alpha value is -1.08. The third-order valence-corrected chi connectivity index (χ3v) is 2.12. The maximum absolute atomic E-state index is 10.4. The van der Waals surface area contributed by atoms with Gasteiger partial charge in [0.05, 0.1) is 0 Å². The van der Waals surface area contributed by atoms with Gasteiger partial charge in [-0.2, -0.15) is 0 Å². The van der Waals surface area contributed by atoms with Crippen LogP contribution in [0.5, 0.6) is 0 Å². The Morgan fingerprint density at radius 2 is 1.86 bits per heavy atom. The van der Waals surface area contributed by atoms with Crippen LogP contribution >= 0.6 is 0 Å². The van der Waals surface area contributed by atoms with E-state index in [0.717, 1.165) is 19.3 Å². The fourth-order valence-corrected chi connectivity index (χ4v) is 1.25. The molecule has 0 aliphatic carbocycles. The first kappa shape index (κ1) is 12.9. The van der Waals surface area contributed by atoms with Crippen LogP contribution in [-0.2, 0) is 9.59 Å². The molecule has 80 valence electrons. The SMILES string of the molecule is CCCCCCC(=C=O)CCC(=O)O. The lowest BCUT2D eigenvalue weighted by atomic mass is 10.0. The van der Waals surface area contributed by atoms with Crippen LogP contribution < -0.4 is 0 Å². The Morgan fingerprint density at radius 3 is 2.36 bits per heavy atom. The topological polar surface area (TPSA) is 54.4 Å². The van der Waals surface area contributed by atoms with E-state index < -0.39 is 5.97 Å². The van der Waals surface area contributed by atoms with E-state index in [1.165, 1.54) is 6.42 Å². The predicted molar refractivity (Wildman–Crippen MR) is 54.8 cm³/mol. The first-order chi connectivity index (χ1) is 6.70. The van der Waals surface area contributed by atoms with Crippen molar-refractivity contribution in [1.82, 2.24) is 0 Å². The second kappa shape index (κ2) is 8.52. The van der Waals surface area contributed by atoms with Gasteiger partial charge >= 0.3 is 5.97 Å². The van der Waals surface area contributed by atoms with Gasteiger partial charge in [-0.3, -0.25) is 4.79 Å². The van der Waals surface area contributed by atoms with E-state index in [2.05, 4.69) is 6.92 Å². The van der Waals surface area contributed by atoms with E-state index in [-0.39, 0.29) is 6.42 Å². The third kappa shape index (κ3) is 7.56. The zero-order valence-electron chi connectivity index (χ0n) is 8.71. The first-order valence-corrected chi connectivity index (χ1v) is 5.15. The molecule has 0 aliphatic heterocycles. The van der Waals surface area contributed by atoms with Gasteiger partial charge in [-0.05, 0) is 19.3 Å². The summed E-state index contributed by atoms with van der Waals surface area (Å²) in [4.78, 5) is 20.7. The number of carboxylic acid groups (broad SMARTS) is 1. The van der Waals surface area contributed by atoms with Gasteiger partial charge in [0, 0.05) is 12.0 Å². The van der Waals surface area contributed by atoms with Crippen molar-refractivity contribution in [2.75, 3.05) is 0 Å². The van der Waals surface area contributed by atoms with Crippen molar-refractivity contribution in [2.45, 2.75) is 51.9 Å². The number of unbranched alkanes of at least 4 members (excludes halogenated alkanes) is 3. The lowest BCUT2D eigenvalue weighted by molar-refractivity contribution is -0.136. The van der Waals surface area contributed by atoms with Gasteiger partial charge in [-0.1, -0.05) is 26.2 Å². The number of carboxylic acids is 1. The number of hydrogen-bond donors (Lipinski definition) is 1. The molecule has 1 N–H and O–H groups in total. The fraction of sp³-hybridized carbons (Fsp3) is 0.727. The van der Waals surface area contributed by atoms with Crippen molar-refractivity contribution in [3.63, 3.8) is 0 Å². The van der Waals surface area contributed by atoms with Crippen molar-refractivity contribution in [3.05, 3.63) is 5.57 Å². The minimum absolute atomic E-state index is 0.0400. The Morgan fingerprint density at radius 1 is 1.14 bits per heavy atom. The normalized spacial score (nSPS) is 9.50. The van der Waals surface area contributed by atoms with Gasteiger partial charge in [0.15, 0.2) is 0 Å². The molecular formula is C11H18O3. The van der Waals surface area contributed by atoms with Crippen molar-refractivity contribution in [3.8, 4) is 0 Å². The maximum atomic E-state index is 10.4. The van der Waals surface area contributed by atoms with E-state index in [0.29, 0.717) is 18.4 Å². The number of allylic oxidation sites excluding steroid dienone is 1. The highest BCUT2D eigenvalue weighted by molar-refractivity contribution is 5.68. The second-order valence-electron chi connectivity index (χ2n) is 3.41. The molecule has 0 aromatic heterocycles. The van der Waals surface area contributed by atoms with Crippen LogP contribution in [0, 0.1) is 0 Å². The van der Waals surface area contributed by atoms with E-state index >= 15 is 0 Å². The average molecular weight is 198 g/mol. The Bertz CT molecular complexity index is 215. The second-order valence-corrected chi connectivity index (χ2v) is 3.41. The molecule has 0 aliphatic rings. The Labute approximate surface area is 84.8 Å². The maximum Gasteiger partial charge on any atom is 0.303 e. The number of carbonyl (C=O) groups is 1. The number of aliphatic carboxylic acids is 1. The summed E-state index contributed by atoms with van der Waals surface area (Å²) in [5.74, 6) is 0.982. The first-order valence-electron chi connectivity index (χ1n) is 5.15. The molecule has 0 bridgehead atoms. The molecule has 0 radical (unpaired) electrons. The van der Waals surface area contributed by atoms with Gasteiger partial charge < -0.3 is 5.11 Å². The van der Waals surface area contributed by atoms with E-state index in [9.17, 15) is 9.59 Å². The molecule has 3 heteroatoms. The van der Waals surface area contributed by atoms with E-state index in [1.807, 2.05) is 5.94 Å². The molecule has 0 aromatic carbocycles.